The van der Waals surface area contributed by atoms with Gasteiger partial charge < -0.3 is 9.80 Å². The number of fused-ring (bicyclic) bond motifs is 3. The number of anilines is 1. The van der Waals surface area contributed by atoms with Gasteiger partial charge in [0, 0.05) is 36.6 Å². The fraction of sp³-hybridized carbons (Fsp3) is 0.357. The Balaban J connectivity index is 1.91. The van der Waals surface area contributed by atoms with Gasteiger partial charge in [-0.2, -0.15) is 4.52 Å². The van der Waals surface area contributed by atoms with Crippen molar-refractivity contribution < 1.29 is 0 Å². The molecule has 0 bridgehead atoms. The zero-order valence-electron chi connectivity index (χ0n) is 11.7. The number of aromatic nitrogens is 4. The van der Waals surface area contributed by atoms with Gasteiger partial charge in [-0.05, 0) is 25.2 Å². The number of halogens is 1. The maximum absolute atomic E-state index is 6.10. The molecule has 7 heteroatoms. The first-order valence-electron chi connectivity index (χ1n) is 6.95. The molecule has 0 unspecified atom stereocenters. The van der Waals surface area contributed by atoms with Gasteiger partial charge >= 0.3 is 0 Å². The summed E-state index contributed by atoms with van der Waals surface area (Å²) in [6, 6.07) is 5.73. The Morgan fingerprint density at radius 3 is 2.76 bits per heavy atom. The average Bonchev–Trinajstić information content (AvgIpc) is 2.97. The summed E-state index contributed by atoms with van der Waals surface area (Å²) >= 11 is 6.10. The molecule has 0 radical (unpaired) electrons. The third-order valence-corrected chi connectivity index (χ3v) is 4.21. The standard InChI is InChI=1S/C14H15ClN6/c1-19-4-6-20(7-5-19)14-17-12-3-2-10(15)8-11(12)13-9-16-18-21(13)14/h2-3,8-9H,4-7H2,1H3. The second-order valence-electron chi connectivity index (χ2n) is 5.39. The van der Waals surface area contributed by atoms with Crippen LogP contribution in [-0.4, -0.2) is 57.9 Å². The van der Waals surface area contributed by atoms with E-state index < -0.39 is 0 Å². The molecule has 1 aliphatic rings. The first-order chi connectivity index (χ1) is 10.2. The Bertz CT molecular complexity index is 806. The lowest BCUT2D eigenvalue weighted by molar-refractivity contribution is 0.310. The van der Waals surface area contributed by atoms with Gasteiger partial charge in [0.2, 0.25) is 5.95 Å². The largest absolute Gasteiger partial charge is 0.338 e. The van der Waals surface area contributed by atoms with Crippen LogP contribution in [0.15, 0.2) is 24.4 Å². The quantitative estimate of drug-likeness (QED) is 0.684. The molecule has 0 N–H and O–H groups in total. The minimum Gasteiger partial charge on any atom is -0.338 e. The molecule has 1 saturated heterocycles. The van der Waals surface area contributed by atoms with Gasteiger partial charge in [0.1, 0.15) is 0 Å². The molecule has 3 heterocycles. The van der Waals surface area contributed by atoms with Crippen molar-refractivity contribution in [1.29, 1.82) is 0 Å². The molecule has 4 rings (SSSR count). The Hall–Kier alpha value is -1.92. The fourth-order valence-corrected chi connectivity index (χ4v) is 2.92. The molecule has 1 fully saturated rings. The van der Waals surface area contributed by atoms with E-state index in [2.05, 4.69) is 27.2 Å². The van der Waals surface area contributed by atoms with E-state index in [-0.39, 0.29) is 0 Å². The van der Waals surface area contributed by atoms with Crippen LogP contribution in [-0.2, 0) is 0 Å². The first-order valence-corrected chi connectivity index (χ1v) is 7.33. The molecular weight excluding hydrogens is 288 g/mol. The van der Waals surface area contributed by atoms with E-state index >= 15 is 0 Å². The summed E-state index contributed by atoms with van der Waals surface area (Å²) < 4.78 is 1.81. The first kappa shape index (κ1) is 12.8. The van der Waals surface area contributed by atoms with Gasteiger partial charge in [0.15, 0.2) is 0 Å². The van der Waals surface area contributed by atoms with Crippen LogP contribution in [0.1, 0.15) is 0 Å². The van der Waals surface area contributed by atoms with Gasteiger partial charge in [-0.15, -0.1) is 5.10 Å². The predicted octanol–water partition coefficient (Wildman–Crippen LogP) is 1.68. The Labute approximate surface area is 126 Å². The molecule has 3 aromatic rings. The van der Waals surface area contributed by atoms with Gasteiger partial charge in [-0.3, -0.25) is 0 Å². The Kier molecular flexibility index (Phi) is 2.94. The summed E-state index contributed by atoms with van der Waals surface area (Å²) in [6.45, 7) is 3.93. The van der Waals surface area contributed by atoms with Crippen molar-refractivity contribution in [3.63, 3.8) is 0 Å². The summed E-state index contributed by atoms with van der Waals surface area (Å²) in [5.74, 6) is 0.852. The maximum atomic E-state index is 6.10. The van der Waals surface area contributed by atoms with Gasteiger partial charge in [0.25, 0.3) is 0 Å². The lowest BCUT2D eigenvalue weighted by Gasteiger charge is -2.33. The van der Waals surface area contributed by atoms with Crippen molar-refractivity contribution in [2.24, 2.45) is 0 Å². The van der Waals surface area contributed by atoms with Crippen molar-refractivity contribution in [1.82, 2.24) is 24.7 Å². The maximum Gasteiger partial charge on any atom is 0.229 e. The van der Waals surface area contributed by atoms with Crippen LogP contribution >= 0.6 is 11.6 Å². The van der Waals surface area contributed by atoms with E-state index in [1.807, 2.05) is 22.7 Å². The lowest BCUT2D eigenvalue weighted by atomic mass is 10.2. The van der Waals surface area contributed by atoms with Crippen LogP contribution in [0, 0.1) is 0 Å². The van der Waals surface area contributed by atoms with Crippen LogP contribution in [0.5, 0.6) is 0 Å². The number of rotatable bonds is 1. The third-order valence-electron chi connectivity index (χ3n) is 3.98. The zero-order valence-corrected chi connectivity index (χ0v) is 12.5. The van der Waals surface area contributed by atoms with Crippen molar-refractivity contribution in [3.05, 3.63) is 29.4 Å². The van der Waals surface area contributed by atoms with Crippen LogP contribution < -0.4 is 4.90 Å². The molecule has 108 valence electrons. The zero-order chi connectivity index (χ0) is 14.4. The van der Waals surface area contributed by atoms with Crippen molar-refractivity contribution in [2.45, 2.75) is 0 Å². The molecule has 0 aliphatic carbocycles. The van der Waals surface area contributed by atoms with E-state index in [0.717, 1.165) is 48.5 Å². The van der Waals surface area contributed by atoms with Gasteiger partial charge in [-0.1, -0.05) is 16.8 Å². The van der Waals surface area contributed by atoms with Crippen LogP contribution in [0.25, 0.3) is 16.4 Å². The number of nitrogens with zero attached hydrogens (tertiary/aromatic N) is 6. The highest BCUT2D eigenvalue weighted by Gasteiger charge is 2.20. The molecule has 1 aliphatic heterocycles. The molecule has 0 spiro atoms. The predicted molar refractivity (Wildman–Crippen MR) is 83.0 cm³/mol. The Morgan fingerprint density at radius 1 is 1.14 bits per heavy atom. The summed E-state index contributed by atoms with van der Waals surface area (Å²) in [4.78, 5) is 9.35. The van der Waals surface area contributed by atoms with Crippen molar-refractivity contribution >= 4 is 34.0 Å². The highest BCUT2D eigenvalue weighted by Crippen LogP contribution is 2.26. The summed E-state index contributed by atoms with van der Waals surface area (Å²) in [7, 11) is 2.14. The van der Waals surface area contributed by atoms with Crippen LogP contribution in [0.2, 0.25) is 5.02 Å². The topological polar surface area (TPSA) is 49.6 Å². The van der Waals surface area contributed by atoms with E-state index in [1.165, 1.54) is 0 Å². The second kappa shape index (κ2) is 4.82. The number of likely N-dealkylation sites (N-methyl/N-ethyl adjacent to an activating group) is 1. The summed E-state index contributed by atoms with van der Waals surface area (Å²) in [5, 5.41) is 9.91. The second-order valence-corrected chi connectivity index (χ2v) is 5.83. The number of benzene rings is 1. The molecule has 0 saturated carbocycles. The molecule has 0 atom stereocenters. The van der Waals surface area contributed by atoms with Gasteiger partial charge in [-0.25, -0.2) is 4.98 Å². The van der Waals surface area contributed by atoms with Crippen molar-refractivity contribution in [3.8, 4) is 0 Å². The molecule has 6 nitrogen and oxygen atoms in total. The van der Waals surface area contributed by atoms with E-state index in [0.29, 0.717) is 5.02 Å². The SMILES string of the molecule is CN1CCN(c2nc3ccc(Cl)cc3c3cnnn23)CC1. The van der Waals surface area contributed by atoms with Gasteiger partial charge in [0.05, 0.1) is 17.2 Å². The molecule has 1 aromatic carbocycles. The highest BCUT2D eigenvalue weighted by atomic mass is 35.5. The van der Waals surface area contributed by atoms with Crippen LogP contribution in [0.4, 0.5) is 5.95 Å². The monoisotopic (exact) mass is 302 g/mol. The molecular formula is C14H15ClN6. The van der Waals surface area contributed by atoms with Crippen molar-refractivity contribution in [2.75, 3.05) is 38.1 Å². The molecule has 0 amide bonds. The van der Waals surface area contributed by atoms with E-state index in [4.69, 9.17) is 16.6 Å². The highest BCUT2D eigenvalue weighted by molar-refractivity contribution is 6.31. The number of hydrogen-bond acceptors (Lipinski definition) is 5. The minimum absolute atomic E-state index is 0.694. The Morgan fingerprint density at radius 2 is 1.95 bits per heavy atom. The van der Waals surface area contributed by atoms with Crippen LogP contribution in [0.3, 0.4) is 0 Å². The molecule has 2 aromatic heterocycles. The summed E-state index contributed by atoms with van der Waals surface area (Å²) in [6.07, 6.45) is 1.76. The lowest BCUT2D eigenvalue weighted by Crippen LogP contribution is -2.45. The summed E-state index contributed by atoms with van der Waals surface area (Å²) in [5.41, 5.74) is 1.86. The fourth-order valence-electron chi connectivity index (χ4n) is 2.74. The van der Waals surface area contributed by atoms with E-state index in [1.54, 1.807) is 6.20 Å². The minimum atomic E-state index is 0.694. The smallest absolute Gasteiger partial charge is 0.229 e. The average molecular weight is 303 g/mol. The number of piperazine rings is 1. The molecule has 21 heavy (non-hydrogen) atoms. The normalized spacial score (nSPS) is 17.0. The van der Waals surface area contributed by atoms with E-state index in [9.17, 15) is 0 Å². The third kappa shape index (κ3) is 2.11. The number of hydrogen-bond donors (Lipinski definition) is 0.